The quantitative estimate of drug-likeness (QED) is 0.388. The number of amides is 2. The van der Waals surface area contributed by atoms with Crippen molar-refractivity contribution >= 4 is 17.7 Å². The first-order valence-corrected chi connectivity index (χ1v) is 10.6. The van der Waals surface area contributed by atoms with Crippen molar-refractivity contribution in [2.24, 2.45) is 0 Å². The number of methoxy groups -OCH3 is 4. The lowest BCUT2D eigenvalue weighted by Gasteiger charge is -2.17. The summed E-state index contributed by atoms with van der Waals surface area (Å²) in [4.78, 5) is 23.7. The van der Waals surface area contributed by atoms with Crippen LogP contribution in [0.3, 0.4) is 0 Å². The molecule has 0 aliphatic heterocycles. The Morgan fingerprint density at radius 1 is 0.971 bits per heavy atom. The molecule has 3 aromatic rings. The van der Waals surface area contributed by atoms with E-state index in [0.29, 0.717) is 51.1 Å². The number of ether oxygens (including phenoxy) is 4. The van der Waals surface area contributed by atoms with Crippen LogP contribution in [0.2, 0.25) is 0 Å². The molecular weight excluding hydrogens is 458 g/mol. The zero-order valence-electron chi connectivity index (χ0n) is 20.0. The Hall–Kier alpha value is -4.41. The first-order chi connectivity index (χ1) is 16.9. The predicted octanol–water partition coefficient (Wildman–Crippen LogP) is 4.03. The van der Waals surface area contributed by atoms with Gasteiger partial charge in [-0.2, -0.15) is 0 Å². The SMILES string of the molecule is CCC(NC(=O)O)C(=O)Nc1cc(-c2cnoc2-c2cc(OC)c(OC)c(OC)c2)ccc1OC. The first-order valence-electron chi connectivity index (χ1n) is 10.6. The fourth-order valence-electron chi connectivity index (χ4n) is 3.56. The van der Waals surface area contributed by atoms with Crippen molar-refractivity contribution in [1.29, 1.82) is 0 Å². The van der Waals surface area contributed by atoms with E-state index in [0.717, 1.165) is 0 Å². The molecular formula is C24H27N3O8. The molecule has 0 fully saturated rings. The van der Waals surface area contributed by atoms with Crippen LogP contribution in [-0.2, 0) is 4.79 Å². The Morgan fingerprint density at radius 2 is 1.63 bits per heavy atom. The lowest BCUT2D eigenvalue weighted by Crippen LogP contribution is -2.42. The zero-order valence-corrected chi connectivity index (χ0v) is 20.0. The Morgan fingerprint density at radius 3 is 2.17 bits per heavy atom. The molecule has 2 amide bonds. The molecule has 11 heteroatoms. The molecule has 0 spiro atoms. The van der Waals surface area contributed by atoms with Crippen LogP contribution in [0, 0.1) is 0 Å². The number of benzene rings is 2. The van der Waals surface area contributed by atoms with Gasteiger partial charge in [-0.3, -0.25) is 4.79 Å². The van der Waals surface area contributed by atoms with Crippen molar-refractivity contribution < 1.29 is 38.2 Å². The molecule has 0 radical (unpaired) electrons. The van der Waals surface area contributed by atoms with E-state index in [4.69, 9.17) is 28.6 Å². The van der Waals surface area contributed by atoms with Crippen LogP contribution in [0.15, 0.2) is 41.1 Å². The fraction of sp³-hybridized carbons (Fsp3) is 0.292. The van der Waals surface area contributed by atoms with Gasteiger partial charge in [0.05, 0.1) is 40.3 Å². The average molecular weight is 485 g/mol. The Balaban J connectivity index is 2.03. The molecule has 1 aromatic heterocycles. The number of nitrogens with one attached hydrogen (secondary N) is 2. The summed E-state index contributed by atoms with van der Waals surface area (Å²) >= 11 is 0. The summed E-state index contributed by atoms with van der Waals surface area (Å²) in [5, 5.41) is 17.9. The van der Waals surface area contributed by atoms with E-state index >= 15 is 0 Å². The van der Waals surface area contributed by atoms with Crippen molar-refractivity contribution in [3.05, 3.63) is 36.5 Å². The topological polar surface area (TPSA) is 141 Å². The molecule has 186 valence electrons. The third-order valence-corrected chi connectivity index (χ3v) is 5.29. The van der Waals surface area contributed by atoms with Gasteiger partial charge in [0, 0.05) is 11.1 Å². The predicted molar refractivity (Wildman–Crippen MR) is 127 cm³/mol. The molecule has 1 heterocycles. The van der Waals surface area contributed by atoms with Crippen molar-refractivity contribution in [2.75, 3.05) is 33.8 Å². The van der Waals surface area contributed by atoms with Crippen LogP contribution in [0.5, 0.6) is 23.0 Å². The van der Waals surface area contributed by atoms with Gasteiger partial charge >= 0.3 is 6.09 Å². The van der Waals surface area contributed by atoms with E-state index in [2.05, 4.69) is 15.8 Å². The van der Waals surface area contributed by atoms with E-state index in [-0.39, 0.29) is 6.42 Å². The van der Waals surface area contributed by atoms with Crippen LogP contribution in [0.4, 0.5) is 10.5 Å². The van der Waals surface area contributed by atoms with Crippen LogP contribution < -0.4 is 29.6 Å². The number of anilines is 1. The van der Waals surface area contributed by atoms with E-state index in [9.17, 15) is 9.59 Å². The van der Waals surface area contributed by atoms with Crippen molar-refractivity contribution in [3.63, 3.8) is 0 Å². The normalized spacial score (nSPS) is 11.3. The highest BCUT2D eigenvalue weighted by Crippen LogP contribution is 2.44. The van der Waals surface area contributed by atoms with Crippen LogP contribution in [0.25, 0.3) is 22.5 Å². The lowest BCUT2D eigenvalue weighted by atomic mass is 10.0. The van der Waals surface area contributed by atoms with E-state index in [1.807, 2.05) is 0 Å². The number of hydrogen-bond acceptors (Lipinski definition) is 8. The largest absolute Gasteiger partial charge is 0.495 e. The minimum atomic E-state index is -1.29. The zero-order chi connectivity index (χ0) is 25.5. The summed E-state index contributed by atoms with van der Waals surface area (Å²) in [7, 11) is 6.02. The van der Waals surface area contributed by atoms with E-state index in [1.165, 1.54) is 28.4 Å². The maximum Gasteiger partial charge on any atom is 0.405 e. The third kappa shape index (κ3) is 5.40. The Labute approximate surface area is 201 Å². The van der Waals surface area contributed by atoms with Crippen molar-refractivity contribution in [2.45, 2.75) is 19.4 Å². The number of hydrogen-bond donors (Lipinski definition) is 3. The van der Waals surface area contributed by atoms with Gasteiger partial charge in [-0.05, 0) is 36.2 Å². The number of carboxylic acid groups (broad SMARTS) is 1. The van der Waals surface area contributed by atoms with Crippen LogP contribution >= 0.6 is 0 Å². The van der Waals surface area contributed by atoms with Gasteiger partial charge < -0.3 is 39.2 Å². The van der Waals surface area contributed by atoms with Gasteiger partial charge in [-0.25, -0.2) is 4.79 Å². The maximum atomic E-state index is 12.7. The standard InChI is InChI=1S/C24H27N3O8/c1-6-16(27-24(29)30)23(28)26-17-9-13(7-8-18(17)31-2)15-12-25-35-21(15)14-10-19(32-3)22(34-5)20(11-14)33-4/h7-12,16,27H,6H2,1-5H3,(H,26,28)(H,29,30). The van der Waals surface area contributed by atoms with Crippen LogP contribution in [-0.4, -0.2) is 56.7 Å². The summed E-state index contributed by atoms with van der Waals surface area (Å²) in [6.07, 6.45) is 0.538. The van der Waals surface area contributed by atoms with Gasteiger partial charge in [-0.15, -0.1) is 0 Å². The molecule has 3 rings (SSSR count). The molecule has 0 aliphatic rings. The minimum absolute atomic E-state index is 0.275. The summed E-state index contributed by atoms with van der Waals surface area (Å²) in [6.45, 7) is 1.70. The first kappa shape index (κ1) is 25.2. The van der Waals surface area contributed by atoms with Gasteiger partial charge in [0.25, 0.3) is 0 Å². The number of aromatic nitrogens is 1. The maximum absolute atomic E-state index is 12.7. The summed E-state index contributed by atoms with van der Waals surface area (Å²) in [5.74, 6) is 1.66. The Kier molecular flexibility index (Phi) is 8.03. The number of carbonyl (C=O) groups is 2. The Bertz CT molecular complexity index is 1180. The highest BCUT2D eigenvalue weighted by Gasteiger charge is 2.22. The van der Waals surface area contributed by atoms with E-state index in [1.54, 1.807) is 43.5 Å². The molecule has 0 saturated carbocycles. The number of nitrogens with zero attached hydrogens (tertiary/aromatic N) is 1. The van der Waals surface area contributed by atoms with Crippen molar-refractivity contribution in [3.8, 4) is 45.4 Å². The second-order valence-corrected chi connectivity index (χ2v) is 7.30. The number of carbonyl (C=O) groups excluding carboxylic acids is 1. The molecule has 0 saturated heterocycles. The summed E-state index contributed by atoms with van der Waals surface area (Å²) in [5.41, 5.74) is 2.29. The second-order valence-electron chi connectivity index (χ2n) is 7.30. The molecule has 2 aromatic carbocycles. The fourth-order valence-corrected chi connectivity index (χ4v) is 3.56. The molecule has 0 aliphatic carbocycles. The minimum Gasteiger partial charge on any atom is -0.495 e. The van der Waals surface area contributed by atoms with Gasteiger partial charge in [0.1, 0.15) is 11.8 Å². The average Bonchev–Trinajstić information content (AvgIpc) is 3.36. The molecule has 11 nitrogen and oxygen atoms in total. The molecule has 0 bridgehead atoms. The lowest BCUT2D eigenvalue weighted by molar-refractivity contribution is -0.118. The molecule has 1 unspecified atom stereocenters. The van der Waals surface area contributed by atoms with Gasteiger partial charge in [0.15, 0.2) is 17.3 Å². The van der Waals surface area contributed by atoms with Crippen LogP contribution in [0.1, 0.15) is 13.3 Å². The molecule has 1 atom stereocenters. The smallest absolute Gasteiger partial charge is 0.405 e. The summed E-state index contributed by atoms with van der Waals surface area (Å²) in [6, 6.07) is 7.71. The summed E-state index contributed by atoms with van der Waals surface area (Å²) < 4.78 is 27.2. The third-order valence-electron chi connectivity index (χ3n) is 5.29. The second kappa shape index (κ2) is 11.1. The van der Waals surface area contributed by atoms with Gasteiger partial charge in [0.2, 0.25) is 11.7 Å². The molecule has 35 heavy (non-hydrogen) atoms. The van der Waals surface area contributed by atoms with Crippen molar-refractivity contribution in [1.82, 2.24) is 10.5 Å². The van der Waals surface area contributed by atoms with Gasteiger partial charge in [-0.1, -0.05) is 18.1 Å². The molecule has 3 N–H and O–H groups in total. The highest BCUT2D eigenvalue weighted by atomic mass is 16.5. The van der Waals surface area contributed by atoms with E-state index < -0.39 is 18.0 Å². The number of rotatable bonds is 10. The highest BCUT2D eigenvalue weighted by molar-refractivity contribution is 5.98. The monoisotopic (exact) mass is 485 g/mol.